The lowest BCUT2D eigenvalue weighted by atomic mass is 9.86. The van der Waals surface area contributed by atoms with E-state index in [0.717, 1.165) is 18.3 Å². The van der Waals surface area contributed by atoms with Gasteiger partial charge in [0, 0.05) is 19.5 Å². The van der Waals surface area contributed by atoms with Gasteiger partial charge in [-0.1, -0.05) is 36.8 Å². The van der Waals surface area contributed by atoms with Crippen LogP contribution in [0.4, 0.5) is 0 Å². The molecule has 120 valence electrons. The lowest BCUT2D eigenvalue weighted by molar-refractivity contribution is -0.133. The molecule has 2 bridgehead atoms. The van der Waals surface area contributed by atoms with Gasteiger partial charge in [-0.2, -0.15) is 0 Å². The van der Waals surface area contributed by atoms with E-state index in [9.17, 15) is 9.90 Å². The number of hydrogen-bond donors (Lipinski definition) is 1. The van der Waals surface area contributed by atoms with Crippen LogP contribution in [0.3, 0.4) is 0 Å². The third-order valence-corrected chi connectivity index (χ3v) is 5.56. The zero-order valence-corrected chi connectivity index (χ0v) is 13.3. The van der Waals surface area contributed by atoms with Crippen molar-refractivity contribution in [2.45, 2.75) is 38.5 Å². The molecule has 3 nitrogen and oxygen atoms in total. The predicted octanol–water partition coefficient (Wildman–Crippen LogP) is 2.88. The van der Waals surface area contributed by atoms with Crippen molar-refractivity contribution in [1.29, 1.82) is 0 Å². The van der Waals surface area contributed by atoms with Gasteiger partial charge in [-0.3, -0.25) is 4.79 Å². The number of rotatable bonds is 7. The summed E-state index contributed by atoms with van der Waals surface area (Å²) in [5, 5.41) is 9.25. The molecule has 3 rings (SSSR count). The Morgan fingerprint density at radius 2 is 1.95 bits per heavy atom. The quantitative estimate of drug-likeness (QED) is 0.841. The van der Waals surface area contributed by atoms with Gasteiger partial charge in [-0.05, 0) is 49.0 Å². The van der Waals surface area contributed by atoms with Gasteiger partial charge in [0.05, 0.1) is 6.61 Å². The molecule has 0 spiro atoms. The molecule has 0 saturated heterocycles. The highest BCUT2D eigenvalue weighted by atomic mass is 16.3. The molecule has 2 saturated carbocycles. The van der Waals surface area contributed by atoms with Crippen molar-refractivity contribution in [3.8, 4) is 0 Å². The molecular weight excluding hydrogens is 274 g/mol. The van der Waals surface area contributed by atoms with Crippen LogP contribution in [0, 0.1) is 17.8 Å². The molecule has 3 heteroatoms. The Morgan fingerprint density at radius 3 is 2.59 bits per heavy atom. The van der Waals surface area contributed by atoms with Crippen LogP contribution in [-0.2, 0) is 11.2 Å². The maximum Gasteiger partial charge on any atom is 0.222 e. The molecule has 2 fully saturated rings. The first-order valence-corrected chi connectivity index (χ1v) is 8.69. The van der Waals surface area contributed by atoms with E-state index in [-0.39, 0.29) is 12.5 Å². The average Bonchev–Trinajstić information content (AvgIpc) is 3.15. The van der Waals surface area contributed by atoms with E-state index in [2.05, 4.69) is 12.1 Å². The second-order valence-corrected chi connectivity index (χ2v) is 6.98. The van der Waals surface area contributed by atoms with E-state index < -0.39 is 0 Å². The van der Waals surface area contributed by atoms with E-state index in [1.807, 2.05) is 23.1 Å². The second-order valence-electron chi connectivity index (χ2n) is 6.98. The van der Waals surface area contributed by atoms with Crippen LogP contribution < -0.4 is 0 Å². The van der Waals surface area contributed by atoms with Crippen molar-refractivity contribution >= 4 is 5.91 Å². The van der Waals surface area contributed by atoms with Crippen molar-refractivity contribution in [3.63, 3.8) is 0 Å². The monoisotopic (exact) mass is 301 g/mol. The maximum atomic E-state index is 12.6. The molecule has 3 unspecified atom stereocenters. The van der Waals surface area contributed by atoms with E-state index in [1.165, 1.54) is 31.2 Å². The largest absolute Gasteiger partial charge is 0.395 e. The zero-order valence-electron chi connectivity index (χ0n) is 13.3. The Hall–Kier alpha value is -1.35. The fourth-order valence-corrected chi connectivity index (χ4v) is 4.37. The maximum absolute atomic E-state index is 12.6. The first-order chi connectivity index (χ1) is 10.8. The molecule has 3 atom stereocenters. The number of carbonyl (C=O) groups is 1. The summed E-state index contributed by atoms with van der Waals surface area (Å²) in [6.45, 7) is 1.23. The summed E-state index contributed by atoms with van der Waals surface area (Å²) in [5.41, 5.74) is 1.25. The summed E-state index contributed by atoms with van der Waals surface area (Å²) in [6, 6.07) is 10.3. The molecule has 2 aliphatic rings. The summed E-state index contributed by atoms with van der Waals surface area (Å²) in [7, 11) is 0. The lowest BCUT2D eigenvalue weighted by Gasteiger charge is -2.26. The SMILES string of the molecule is O=C(CC1CC2CCC1C2)N(CCO)CCc1ccccc1. The fraction of sp³-hybridized carbons (Fsp3) is 0.632. The third kappa shape index (κ3) is 3.70. The van der Waals surface area contributed by atoms with E-state index in [0.29, 0.717) is 25.4 Å². The average molecular weight is 301 g/mol. The minimum absolute atomic E-state index is 0.0528. The number of carbonyl (C=O) groups excluding carboxylic acids is 1. The Balaban J connectivity index is 1.52. The molecule has 0 radical (unpaired) electrons. The minimum Gasteiger partial charge on any atom is -0.395 e. The van der Waals surface area contributed by atoms with Crippen LogP contribution in [0.1, 0.15) is 37.7 Å². The van der Waals surface area contributed by atoms with Crippen LogP contribution in [-0.4, -0.2) is 35.6 Å². The molecule has 0 heterocycles. The number of nitrogens with zero attached hydrogens (tertiary/aromatic N) is 1. The molecule has 1 aromatic carbocycles. The van der Waals surface area contributed by atoms with E-state index >= 15 is 0 Å². The highest BCUT2D eigenvalue weighted by molar-refractivity contribution is 5.76. The number of hydrogen-bond acceptors (Lipinski definition) is 2. The highest BCUT2D eigenvalue weighted by Gasteiger charge is 2.40. The normalized spacial score (nSPS) is 26.3. The van der Waals surface area contributed by atoms with Gasteiger partial charge in [0.2, 0.25) is 5.91 Å². The van der Waals surface area contributed by atoms with Gasteiger partial charge in [-0.25, -0.2) is 0 Å². The van der Waals surface area contributed by atoms with Crippen molar-refractivity contribution < 1.29 is 9.90 Å². The predicted molar refractivity (Wildman–Crippen MR) is 87.4 cm³/mol. The standard InChI is InChI=1S/C19H27NO2/c21-11-10-20(9-8-15-4-2-1-3-5-15)19(22)14-18-13-16-6-7-17(18)12-16/h1-5,16-18,21H,6-14H2. The van der Waals surface area contributed by atoms with Crippen LogP contribution in [0.5, 0.6) is 0 Å². The van der Waals surface area contributed by atoms with Gasteiger partial charge in [-0.15, -0.1) is 0 Å². The van der Waals surface area contributed by atoms with Crippen LogP contribution in [0.25, 0.3) is 0 Å². The number of aliphatic hydroxyl groups is 1. The molecule has 2 aliphatic carbocycles. The topological polar surface area (TPSA) is 40.5 Å². The molecular formula is C19H27NO2. The van der Waals surface area contributed by atoms with Crippen molar-refractivity contribution in [1.82, 2.24) is 4.90 Å². The van der Waals surface area contributed by atoms with Crippen molar-refractivity contribution in [2.75, 3.05) is 19.7 Å². The smallest absolute Gasteiger partial charge is 0.222 e. The van der Waals surface area contributed by atoms with Crippen LogP contribution >= 0.6 is 0 Å². The summed E-state index contributed by atoms with van der Waals surface area (Å²) in [5.74, 6) is 2.52. The third-order valence-electron chi connectivity index (χ3n) is 5.56. The fourth-order valence-electron chi connectivity index (χ4n) is 4.37. The van der Waals surface area contributed by atoms with Gasteiger partial charge >= 0.3 is 0 Å². The summed E-state index contributed by atoms with van der Waals surface area (Å²) in [4.78, 5) is 14.5. The number of fused-ring (bicyclic) bond motifs is 2. The number of amides is 1. The van der Waals surface area contributed by atoms with Gasteiger partial charge < -0.3 is 10.0 Å². The zero-order chi connectivity index (χ0) is 15.4. The molecule has 1 aromatic rings. The molecule has 1 amide bonds. The molecule has 0 aromatic heterocycles. The number of aliphatic hydroxyl groups excluding tert-OH is 1. The van der Waals surface area contributed by atoms with Crippen LogP contribution in [0.2, 0.25) is 0 Å². The van der Waals surface area contributed by atoms with Crippen molar-refractivity contribution in [3.05, 3.63) is 35.9 Å². The Labute approximate surface area is 133 Å². The Bertz CT molecular complexity index is 487. The summed E-state index contributed by atoms with van der Waals surface area (Å²) in [6.07, 6.45) is 6.86. The first kappa shape index (κ1) is 15.5. The Kier molecular flexibility index (Phi) is 5.14. The Morgan fingerprint density at radius 1 is 1.14 bits per heavy atom. The lowest BCUT2D eigenvalue weighted by Crippen LogP contribution is -2.36. The molecule has 22 heavy (non-hydrogen) atoms. The minimum atomic E-state index is 0.0528. The summed E-state index contributed by atoms with van der Waals surface area (Å²) < 4.78 is 0. The highest BCUT2D eigenvalue weighted by Crippen LogP contribution is 2.49. The van der Waals surface area contributed by atoms with E-state index in [1.54, 1.807) is 0 Å². The molecule has 1 N–H and O–H groups in total. The second kappa shape index (κ2) is 7.28. The van der Waals surface area contributed by atoms with Gasteiger partial charge in [0.15, 0.2) is 0 Å². The van der Waals surface area contributed by atoms with Crippen LogP contribution in [0.15, 0.2) is 30.3 Å². The van der Waals surface area contributed by atoms with Gasteiger partial charge in [0.1, 0.15) is 0 Å². The van der Waals surface area contributed by atoms with E-state index in [4.69, 9.17) is 0 Å². The summed E-state index contributed by atoms with van der Waals surface area (Å²) >= 11 is 0. The van der Waals surface area contributed by atoms with Gasteiger partial charge in [0.25, 0.3) is 0 Å². The number of benzene rings is 1. The first-order valence-electron chi connectivity index (χ1n) is 8.69. The van der Waals surface area contributed by atoms with Crippen molar-refractivity contribution in [2.24, 2.45) is 17.8 Å². The molecule has 0 aliphatic heterocycles.